The lowest BCUT2D eigenvalue weighted by Crippen LogP contribution is -1.99. The number of benzene rings is 3. The minimum atomic E-state index is 0.00259. The second kappa shape index (κ2) is 11.1. The molecular formula is C28H23BrO3S. The second-order valence-electron chi connectivity index (χ2n) is 7.44. The largest absolute Gasteiger partial charge is 0.496 e. The van der Waals surface area contributed by atoms with Crippen molar-refractivity contribution in [2.75, 3.05) is 7.11 Å². The Labute approximate surface area is 206 Å². The minimum Gasteiger partial charge on any atom is -0.496 e. The van der Waals surface area contributed by atoms with E-state index in [1.54, 1.807) is 24.5 Å². The van der Waals surface area contributed by atoms with Gasteiger partial charge in [0.1, 0.15) is 18.1 Å². The molecule has 0 bridgehead atoms. The van der Waals surface area contributed by atoms with E-state index in [1.807, 2.05) is 78.9 Å². The van der Waals surface area contributed by atoms with E-state index in [0.717, 1.165) is 38.4 Å². The third-order valence-electron chi connectivity index (χ3n) is 5.07. The van der Waals surface area contributed by atoms with E-state index in [0.29, 0.717) is 6.61 Å². The molecule has 0 amide bonds. The van der Waals surface area contributed by atoms with Crippen molar-refractivity contribution in [3.05, 3.63) is 122 Å². The van der Waals surface area contributed by atoms with Crippen LogP contribution in [0.3, 0.4) is 0 Å². The van der Waals surface area contributed by atoms with E-state index in [4.69, 9.17) is 9.47 Å². The van der Waals surface area contributed by atoms with Crippen molar-refractivity contribution in [1.29, 1.82) is 0 Å². The summed E-state index contributed by atoms with van der Waals surface area (Å²) in [5, 5.41) is 0. The van der Waals surface area contributed by atoms with Gasteiger partial charge < -0.3 is 9.47 Å². The summed E-state index contributed by atoms with van der Waals surface area (Å²) >= 11 is 4.97. The SMILES string of the molecule is COc1ccc(/C=C/C(=O)c2ccc(Cc3ccccc3)s2)cc1COc1ccc(Br)cc1. The minimum absolute atomic E-state index is 0.00259. The van der Waals surface area contributed by atoms with Gasteiger partial charge in [-0.05, 0) is 65.7 Å². The molecule has 0 fully saturated rings. The third kappa shape index (κ3) is 6.44. The van der Waals surface area contributed by atoms with Gasteiger partial charge in [-0.2, -0.15) is 0 Å². The number of rotatable bonds is 9. The summed E-state index contributed by atoms with van der Waals surface area (Å²) in [7, 11) is 1.64. The molecule has 4 rings (SSSR count). The first-order valence-corrected chi connectivity index (χ1v) is 12.1. The monoisotopic (exact) mass is 518 g/mol. The van der Waals surface area contributed by atoms with Crippen molar-refractivity contribution in [2.24, 2.45) is 0 Å². The molecule has 0 aliphatic rings. The van der Waals surface area contributed by atoms with Gasteiger partial charge in [-0.25, -0.2) is 0 Å². The average molecular weight is 519 g/mol. The fourth-order valence-corrected chi connectivity index (χ4v) is 4.59. The van der Waals surface area contributed by atoms with Crippen molar-refractivity contribution in [3.63, 3.8) is 0 Å². The van der Waals surface area contributed by atoms with Crippen LogP contribution in [0.4, 0.5) is 0 Å². The summed E-state index contributed by atoms with van der Waals surface area (Å²) in [6.45, 7) is 0.369. The van der Waals surface area contributed by atoms with Gasteiger partial charge in [0, 0.05) is 21.3 Å². The normalized spacial score (nSPS) is 11.0. The van der Waals surface area contributed by atoms with Crippen LogP contribution in [0.25, 0.3) is 6.08 Å². The summed E-state index contributed by atoms with van der Waals surface area (Å²) in [6.07, 6.45) is 4.30. The zero-order chi connectivity index (χ0) is 23.0. The highest BCUT2D eigenvalue weighted by molar-refractivity contribution is 9.10. The first-order chi connectivity index (χ1) is 16.1. The predicted molar refractivity (Wildman–Crippen MR) is 138 cm³/mol. The predicted octanol–water partition coefficient (Wildman–Crippen LogP) is 7.59. The highest BCUT2D eigenvalue weighted by Crippen LogP contribution is 2.25. The Kier molecular flexibility index (Phi) is 7.76. The number of halogens is 1. The van der Waals surface area contributed by atoms with Gasteiger partial charge in [-0.15, -0.1) is 11.3 Å². The summed E-state index contributed by atoms with van der Waals surface area (Å²) < 4.78 is 12.4. The number of hydrogen-bond acceptors (Lipinski definition) is 4. The van der Waals surface area contributed by atoms with E-state index in [9.17, 15) is 4.79 Å². The molecule has 0 spiro atoms. The van der Waals surface area contributed by atoms with E-state index < -0.39 is 0 Å². The van der Waals surface area contributed by atoms with Gasteiger partial charge in [0.15, 0.2) is 5.78 Å². The molecule has 0 atom stereocenters. The Bertz CT molecular complexity index is 1240. The standard InChI is InChI=1S/C28H23BrO3S/c1-31-27-15-8-21(17-22(27)19-32-24-11-9-23(29)10-12-24)7-14-26(30)28-16-13-25(33-28)18-20-5-3-2-4-6-20/h2-17H,18-19H2,1H3/b14-7+. The highest BCUT2D eigenvalue weighted by atomic mass is 79.9. The summed E-state index contributed by atoms with van der Waals surface area (Å²) in [5.41, 5.74) is 3.07. The van der Waals surface area contributed by atoms with E-state index in [1.165, 1.54) is 10.4 Å². The molecule has 3 nitrogen and oxygen atoms in total. The summed E-state index contributed by atoms with van der Waals surface area (Å²) in [6, 6.07) is 27.7. The van der Waals surface area contributed by atoms with E-state index >= 15 is 0 Å². The van der Waals surface area contributed by atoms with Crippen LogP contribution >= 0.6 is 27.3 Å². The molecule has 1 aromatic heterocycles. The maximum Gasteiger partial charge on any atom is 0.195 e. The Morgan fingerprint density at radius 1 is 0.970 bits per heavy atom. The first kappa shape index (κ1) is 23.0. The molecule has 0 saturated heterocycles. The summed E-state index contributed by atoms with van der Waals surface area (Å²) in [4.78, 5) is 14.6. The zero-order valence-electron chi connectivity index (χ0n) is 18.2. The van der Waals surface area contributed by atoms with Gasteiger partial charge >= 0.3 is 0 Å². The van der Waals surface area contributed by atoms with Crippen molar-refractivity contribution in [1.82, 2.24) is 0 Å². The molecule has 1 heterocycles. The van der Waals surface area contributed by atoms with Crippen LogP contribution in [-0.2, 0) is 13.0 Å². The molecule has 0 unspecified atom stereocenters. The van der Waals surface area contributed by atoms with Gasteiger partial charge in [-0.1, -0.05) is 58.4 Å². The molecule has 0 saturated carbocycles. The second-order valence-corrected chi connectivity index (χ2v) is 9.52. The van der Waals surface area contributed by atoms with Gasteiger partial charge in [-0.3, -0.25) is 4.79 Å². The number of carbonyl (C=O) groups is 1. The lowest BCUT2D eigenvalue weighted by atomic mass is 10.1. The number of carbonyl (C=O) groups excluding carboxylic acids is 1. The quantitative estimate of drug-likeness (QED) is 0.169. The van der Waals surface area contributed by atoms with Crippen LogP contribution in [0.1, 0.15) is 31.2 Å². The van der Waals surface area contributed by atoms with Crippen molar-refractivity contribution >= 4 is 39.1 Å². The van der Waals surface area contributed by atoms with Gasteiger partial charge in [0.25, 0.3) is 0 Å². The lowest BCUT2D eigenvalue weighted by Gasteiger charge is -2.11. The molecule has 33 heavy (non-hydrogen) atoms. The molecule has 0 N–H and O–H groups in total. The fraction of sp³-hybridized carbons (Fsp3) is 0.107. The van der Waals surface area contributed by atoms with Crippen molar-refractivity contribution in [3.8, 4) is 11.5 Å². The average Bonchev–Trinajstić information content (AvgIpc) is 3.31. The fourth-order valence-electron chi connectivity index (χ4n) is 3.36. The first-order valence-electron chi connectivity index (χ1n) is 10.5. The topological polar surface area (TPSA) is 35.5 Å². The molecule has 0 aliphatic carbocycles. The maximum atomic E-state index is 12.7. The number of methoxy groups -OCH3 is 1. The zero-order valence-corrected chi connectivity index (χ0v) is 20.6. The molecular weight excluding hydrogens is 496 g/mol. The number of ether oxygens (including phenoxy) is 2. The van der Waals surface area contributed by atoms with Gasteiger partial charge in [0.2, 0.25) is 0 Å². The molecule has 0 aliphatic heterocycles. The lowest BCUT2D eigenvalue weighted by molar-refractivity contribution is 0.105. The number of ketones is 1. The number of allylic oxidation sites excluding steroid dienone is 1. The van der Waals surface area contributed by atoms with Crippen LogP contribution in [0.5, 0.6) is 11.5 Å². The molecule has 0 radical (unpaired) electrons. The third-order valence-corrected chi connectivity index (χ3v) is 6.69. The smallest absolute Gasteiger partial charge is 0.195 e. The maximum absolute atomic E-state index is 12.7. The molecule has 5 heteroatoms. The van der Waals surface area contributed by atoms with E-state index in [-0.39, 0.29) is 5.78 Å². The van der Waals surface area contributed by atoms with Crippen LogP contribution in [0.15, 0.2) is 95.5 Å². The van der Waals surface area contributed by atoms with Crippen molar-refractivity contribution < 1.29 is 14.3 Å². The summed E-state index contributed by atoms with van der Waals surface area (Å²) in [5.74, 6) is 1.53. The molecule has 166 valence electrons. The van der Waals surface area contributed by atoms with Crippen molar-refractivity contribution in [2.45, 2.75) is 13.0 Å². The van der Waals surface area contributed by atoms with Crippen LogP contribution in [0, 0.1) is 0 Å². The molecule has 3 aromatic carbocycles. The Morgan fingerprint density at radius 2 is 1.76 bits per heavy atom. The highest BCUT2D eigenvalue weighted by Gasteiger charge is 2.09. The molecule has 4 aromatic rings. The Morgan fingerprint density at radius 3 is 2.52 bits per heavy atom. The van der Waals surface area contributed by atoms with Crippen LogP contribution in [-0.4, -0.2) is 12.9 Å². The van der Waals surface area contributed by atoms with Gasteiger partial charge in [0.05, 0.1) is 12.0 Å². The Balaban J connectivity index is 1.42. The number of thiophene rings is 1. The van der Waals surface area contributed by atoms with Crippen LogP contribution in [0.2, 0.25) is 0 Å². The Hall–Kier alpha value is -3.15. The van der Waals surface area contributed by atoms with Crippen LogP contribution < -0.4 is 9.47 Å². The number of hydrogen-bond donors (Lipinski definition) is 0. The van der Waals surface area contributed by atoms with E-state index in [2.05, 4.69) is 28.1 Å².